The number of anilines is 2. The molecule has 0 amide bonds. The maximum atomic E-state index is 10.9. The molecule has 2 aromatic rings. The average molecular weight is 387 g/mol. The molecule has 1 aromatic heterocycles. The van der Waals surface area contributed by atoms with E-state index < -0.39 is 6.23 Å². The van der Waals surface area contributed by atoms with Crippen LogP contribution in [0.15, 0.2) is 12.1 Å². The maximum Gasteiger partial charge on any atom is 0.203 e. The van der Waals surface area contributed by atoms with Crippen LogP contribution < -0.4 is 15.4 Å². The van der Waals surface area contributed by atoms with Gasteiger partial charge in [-0.1, -0.05) is 11.3 Å². The highest BCUT2D eigenvalue weighted by molar-refractivity contribution is 7.18. The smallest absolute Gasteiger partial charge is 0.203 e. The molecule has 3 N–H and O–H groups in total. The van der Waals surface area contributed by atoms with Crippen LogP contribution in [0.2, 0.25) is 0 Å². The first-order valence-electron chi connectivity index (χ1n) is 10.00. The highest BCUT2D eigenvalue weighted by Crippen LogP contribution is 2.47. The van der Waals surface area contributed by atoms with Gasteiger partial charge in [0.2, 0.25) is 5.13 Å². The second kappa shape index (κ2) is 6.63. The number of nitrogens with two attached hydrogens (primary N) is 1. The van der Waals surface area contributed by atoms with Gasteiger partial charge in [0.05, 0.1) is 11.7 Å². The fraction of sp³-hybridized carbons (Fsp3) is 0.600. The van der Waals surface area contributed by atoms with Gasteiger partial charge in [-0.3, -0.25) is 0 Å². The molecule has 3 aliphatic rings. The molecule has 27 heavy (non-hydrogen) atoms. The summed E-state index contributed by atoms with van der Waals surface area (Å²) in [6.07, 6.45) is 7.51. The summed E-state index contributed by atoms with van der Waals surface area (Å²) < 4.78 is 6.47. The topological polar surface area (TPSA) is 84.5 Å². The molecule has 144 valence electrons. The van der Waals surface area contributed by atoms with Crippen molar-refractivity contribution in [3.05, 3.63) is 17.7 Å². The lowest BCUT2D eigenvalue weighted by molar-refractivity contribution is 0.117. The number of hydrogen-bond donors (Lipinski definition) is 2. The zero-order chi connectivity index (χ0) is 18.5. The number of rotatable bonds is 5. The number of fused-ring (bicyclic) bond motifs is 1. The van der Waals surface area contributed by atoms with Gasteiger partial charge in [-0.05, 0) is 64.0 Å². The van der Waals surface area contributed by atoms with E-state index in [-0.39, 0.29) is 6.10 Å². The quantitative estimate of drug-likeness (QED) is 0.817. The van der Waals surface area contributed by atoms with Crippen LogP contribution in [0.5, 0.6) is 5.75 Å². The fourth-order valence-electron chi connectivity index (χ4n) is 4.16. The Balaban J connectivity index is 1.60. The molecule has 0 radical (unpaired) electrons. The van der Waals surface area contributed by atoms with E-state index in [1.807, 2.05) is 0 Å². The van der Waals surface area contributed by atoms with E-state index in [9.17, 15) is 5.11 Å². The van der Waals surface area contributed by atoms with Gasteiger partial charge in [0.25, 0.3) is 0 Å². The van der Waals surface area contributed by atoms with E-state index in [1.54, 1.807) is 0 Å². The third-order valence-electron chi connectivity index (χ3n) is 6.14. The molecule has 0 saturated heterocycles. The lowest BCUT2D eigenvalue weighted by Gasteiger charge is -2.42. The van der Waals surface area contributed by atoms with Crippen molar-refractivity contribution < 1.29 is 9.84 Å². The molecule has 0 bridgehead atoms. The third-order valence-corrected chi connectivity index (χ3v) is 6.92. The molecule has 2 fully saturated rings. The zero-order valence-electron chi connectivity index (χ0n) is 15.6. The van der Waals surface area contributed by atoms with E-state index in [0.717, 1.165) is 60.5 Å². The summed E-state index contributed by atoms with van der Waals surface area (Å²) in [5, 5.41) is 20.4. The summed E-state index contributed by atoms with van der Waals surface area (Å²) in [5.74, 6) is 1.32. The first-order chi connectivity index (χ1) is 13.1. The second-order valence-electron chi connectivity index (χ2n) is 8.10. The van der Waals surface area contributed by atoms with Gasteiger partial charge in [0.15, 0.2) is 5.01 Å². The van der Waals surface area contributed by atoms with Gasteiger partial charge >= 0.3 is 0 Å². The molecule has 1 unspecified atom stereocenters. The fourth-order valence-corrected chi connectivity index (χ4v) is 4.79. The monoisotopic (exact) mass is 386 g/mol. The second-order valence-corrected chi connectivity index (χ2v) is 9.11. The van der Waals surface area contributed by atoms with Crippen LogP contribution in [0.4, 0.5) is 10.8 Å². The largest absolute Gasteiger partial charge is 0.489 e. The summed E-state index contributed by atoms with van der Waals surface area (Å²) in [6, 6.07) is 4.52. The van der Waals surface area contributed by atoms with Crippen LogP contribution in [0.1, 0.15) is 51.0 Å². The van der Waals surface area contributed by atoms with Crippen molar-refractivity contribution in [2.24, 2.45) is 5.92 Å². The number of aliphatic hydroxyl groups excluding tert-OH is 1. The molecule has 1 aliphatic heterocycles. The van der Waals surface area contributed by atoms with Crippen molar-refractivity contribution in [3.63, 3.8) is 0 Å². The highest BCUT2D eigenvalue weighted by atomic mass is 32.1. The van der Waals surface area contributed by atoms with Crippen LogP contribution in [-0.2, 0) is 6.42 Å². The van der Waals surface area contributed by atoms with Gasteiger partial charge in [0.1, 0.15) is 12.0 Å². The number of aromatic nitrogens is 2. The van der Waals surface area contributed by atoms with Gasteiger partial charge in [-0.15, -0.1) is 10.2 Å². The first kappa shape index (κ1) is 17.3. The number of ether oxygens (including phenoxy) is 1. The molecule has 7 heteroatoms. The molecule has 1 aromatic carbocycles. The Hall–Kier alpha value is -1.86. The van der Waals surface area contributed by atoms with Crippen molar-refractivity contribution in [1.29, 1.82) is 0 Å². The number of nitrogens with zero attached hydrogens (tertiary/aromatic N) is 3. The van der Waals surface area contributed by atoms with Gasteiger partial charge in [0, 0.05) is 23.2 Å². The van der Waals surface area contributed by atoms with Crippen LogP contribution >= 0.6 is 11.3 Å². The van der Waals surface area contributed by atoms with Gasteiger partial charge in [-0.25, -0.2) is 0 Å². The Morgan fingerprint density at radius 1 is 1.22 bits per heavy atom. The summed E-state index contributed by atoms with van der Waals surface area (Å²) in [7, 11) is 0. The van der Waals surface area contributed by atoms with E-state index in [0.29, 0.717) is 17.1 Å². The molecule has 0 spiro atoms. The highest BCUT2D eigenvalue weighted by Gasteiger charge is 2.39. The number of aliphatic hydroxyl groups is 1. The molecule has 2 heterocycles. The van der Waals surface area contributed by atoms with Crippen LogP contribution in [0.25, 0.3) is 10.6 Å². The standard InChI is InChI=1S/C20H26N4O2S/c1-11-5-8-14-16(24(11)19(25)12-6-7-12)10-9-15(18-22-23-20(21)27-18)17(14)26-13-3-2-4-13/h9-13,19,25H,2-8H2,1H3,(H2,21,23)/t11-,19?/m0/s1. The zero-order valence-corrected chi connectivity index (χ0v) is 16.4. The molecule has 2 aliphatic carbocycles. The Kier molecular flexibility index (Phi) is 4.24. The number of nitrogen functional groups attached to an aromatic ring is 1. The molecule has 5 rings (SSSR count). The average Bonchev–Trinajstić information content (AvgIpc) is 3.38. The van der Waals surface area contributed by atoms with E-state index >= 15 is 0 Å². The molecular formula is C20H26N4O2S. The van der Waals surface area contributed by atoms with Gasteiger partial charge in [-0.2, -0.15) is 0 Å². The SMILES string of the molecule is C[C@H]1CCc2c(ccc(-c3nnc(N)s3)c2OC2CCC2)N1C(O)C1CC1. The molecule has 2 saturated carbocycles. The van der Waals surface area contributed by atoms with Crippen LogP contribution in [0.3, 0.4) is 0 Å². The third kappa shape index (κ3) is 3.06. The van der Waals surface area contributed by atoms with E-state index in [1.165, 1.54) is 23.3 Å². The summed E-state index contributed by atoms with van der Waals surface area (Å²) >= 11 is 1.39. The van der Waals surface area contributed by atoms with E-state index in [2.05, 4.69) is 34.2 Å². The van der Waals surface area contributed by atoms with Crippen molar-refractivity contribution >= 4 is 22.2 Å². The minimum Gasteiger partial charge on any atom is -0.489 e. The minimum absolute atomic E-state index is 0.279. The first-order valence-corrected chi connectivity index (χ1v) is 10.8. The van der Waals surface area contributed by atoms with Crippen molar-refractivity contribution in [3.8, 4) is 16.3 Å². The number of benzene rings is 1. The predicted molar refractivity (Wildman–Crippen MR) is 107 cm³/mol. The summed E-state index contributed by atoms with van der Waals surface area (Å²) in [6.45, 7) is 2.21. The minimum atomic E-state index is -0.404. The van der Waals surface area contributed by atoms with Crippen molar-refractivity contribution in [2.45, 2.75) is 70.2 Å². The van der Waals surface area contributed by atoms with Gasteiger partial charge < -0.3 is 20.5 Å². The molecule has 6 nitrogen and oxygen atoms in total. The Morgan fingerprint density at radius 2 is 2.04 bits per heavy atom. The molecular weight excluding hydrogens is 360 g/mol. The predicted octanol–water partition coefficient (Wildman–Crippen LogP) is 3.59. The Bertz CT molecular complexity index is 847. The lowest BCUT2D eigenvalue weighted by Crippen LogP contribution is -2.46. The van der Waals surface area contributed by atoms with Crippen molar-refractivity contribution in [1.82, 2.24) is 10.2 Å². The van der Waals surface area contributed by atoms with Crippen molar-refractivity contribution in [2.75, 3.05) is 10.6 Å². The Morgan fingerprint density at radius 3 is 2.67 bits per heavy atom. The number of hydrogen-bond acceptors (Lipinski definition) is 7. The molecule has 2 atom stereocenters. The van der Waals surface area contributed by atoms with Crippen LogP contribution in [-0.4, -0.2) is 33.7 Å². The lowest BCUT2D eigenvalue weighted by atomic mass is 9.92. The maximum absolute atomic E-state index is 10.9. The van der Waals surface area contributed by atoms with Crippen LogP contribution in [0, 0.1) is 5.92 Å². The summed E-state index contributed by atoms with van der Waals surface area (Å²) in [4.78, 5) is 2.21. The van der Waals surface area contributed by atoms with E-state index in [4.69, 9.17) is 10.5 Å². The Labute approximate surface area is 163 Å². The summed E-state index contributed by atoms with van der Waals surface area (Å²) in [5.41, 5.74) is 9.12. The normalized spacial score (nSPS) is 23.6.